The standard InChI is InChI=1S/C13H19NO5/c1-13(14-2,12(15)16)8-19-11-9(17-3)6-5-7-10(11)18-4/h5-7,14H,8H2,1-4H3,(H,15,16). The minimum absolute atomic E-state index is 0.0600. The van der Waals surface area contributed by atoms with Crippen LogP contribution in [0, 0.1) is 0 Å². The van der Waals surface area contributed by atoms with E-state index in [1.165, 1.54) is 21.1 Å². The third kappa shape index (κ3) is 3.29. The van der Waals surface area contributed by atoms with Crippen LogP contribution in [-0.4, -0.2) is 44.5 Å². The number of carbonyl (C=O) groups is 1. The van der Waals surface area contributed by atoms with E-state index >= 15 is 0 Å². The highest BCUT2D eigenvalue weighted by molar-refractivity contribution is 5.78. The van der Waals surface area contributed by atoms with Crippen LogP contribution in [0.1, 0.15) is 6.92 Å². The van der Waals surface area contributed by atoms with Crippen molar-refractivity contribution >= 4 is 5.97 Å². The Balaban J connectivity index is 2.96. The molecular formula is C13H19NO5. The predicted molar refractivity (Wildman–Crippen MR) is 70.1 cm³/mol. The molecule has 0 fully saturated rings. The highest BCUT2D eigenvalue weighted by Crippen LogP contribution is 2.37. The second-order valence-electron chi connectivity index (χ2n) is 4.17. The molecule has 0 spiro atoms. The number of aliphatic carboxylic acids is 1. The lowest BCUT2D eigenvalue weighted by molar-refractivity contribution is -0.145. The Labute approximate surface area is 112 Å². The molecule has 1 unspecified atom stereocenters. The molecule has 0 amide bonds. The van der Waals surface area contributed by atoms with Crippen molar-refractivity contribution in [2.24, 2.45) is 0 Å². The Bertz CT molecular complexity index is 426. The van der Waals surface area contributed by atoms with E-state index in [-0.39, 0.29) is 6.61 Å². The van der Waals surface area contributed by atoms with Crippen molar-refractivity contribution in [3.63, 3.8) is 0 Å². The van der Waals surface area contributed by atoms with Crippen LogP contribution in [0.3, 0.4) is 0 Å². The number of carboxylic acid groups (broad SMARTS) is 1. The van der Waals surface area contributed by atoms with Gasteiger partial charge in [0.25, 0.3) is 0 Å². The summed E-state index contributed by atoms with van der Waals surface area (Å²) < 4.78 is 15.9. The third-order valence-corrected chi connectivity index (χ3v) is 2.91. The van der Waals surface area contributed by atoms with E-state index in [1.54, 1.807) is 25.2 Å². The van der Waals surface area contributed by atoms with Crippen molar-refractivity contribution in [2.45, 2.75) is 12.5 Å². The minimum atomic E-state index is -1.19. The normalized spacial score (nSPS) is 13.5. The summed E-state index contributed by atoms with van der Waals surface area (Å²) >= 11 is 0. The van der Waals surface area contributed by atoms with Gasteiger partial charge in [-0.05, 0) is 26.1 Å². The monoisotopic (exact) mass is 269 g/mol. The van der Waals surface area contributed by atoms with E-state index in [0.717, 1.165) is 0 Å². The van der Waals surface area contributed by atoms with Gasteiger partial charge in [0.05, 0.1) is 14.2 Å². The molecule has 2 N–H and O–H groups in total. The number of hydrogen-bond donors (Lipinski definition) is 2. The van der Waals surface area contributed by atoms with Crippen molar-refractivity contribution in [1.82, 2.24) is 5.32 Å². The van der Waals surface area contributed by atoms with Gasteiger partial charge in [0.1, 0.15) is 12.1 Å². The summed E-state index contributed by atoms with van der Waals surface area (Å²) in [4.78, 5) is 11.2. The molecule has 106 valence electrons. The van der Waals surface area contributed by atoms with Gasteiger partial charge in [-0.15, -0.1) is 0 Å². The molecule has 6 nitrogen and oxygen atoms in total. The number of hydrogen-bond acceptors (Lipinski definition) is 5. The SMILES string of the molecule is CNC(C)(COc1c(OC)cccc1OC)C(=O)O. The van der Waals surface area contributed by atoms with Crippen LogP contribution in [0.2, 0.25) is 0 Å². The van der Waals surface area contributed by atoms with Gasteiger partial charge in [-0.1, -0.05) is 6.07 Å². The van der Waals surface area contributed by atoms with Gasteiger partial charge >= 0.3 is 5.97 Å². The summed E-state index contributed by atoms with van der Waals surface area (Å²) in [5, 5.41) is 11.9. The fourth-order valence-electron chi connectivity index (χ4n) is 1.42. The fourth-order valence-corrected chi connectivity index (χ4v) is 1.42. The van der Waals surface area contributed by atoms with Crippen LogP contribution < -0.4 is 19.5 Å². The van der Waals surface area contributed by atoms with Crippen LogP contribution in [0.5, 0.6) is 17.2 Å². The highest BCUT2D eigenvalue weighted by atomic mass is 16.5. The molecule has 0 saturated carbocycles. The number of benzene rings is 1. The molecule has 0 aliphatic rings. The van der Waals surface area contributed by atoms with Crippen LogP contribution in [0.25, 0.3) is 0 Å². The number of carboxylic acids is 1. The minimum Gasteiger partial charge on any atom is -0.493 e. The summed E-state index contributed by atoms with van der Waals surface area (Å²) in [6.07, 6.45) is 0. The van der Waals surface area contributed by atoms with Crippen molar-refractivity contribution < 1.29 is 24.1 Å². The molecular weight excluding hydrogens is 250 g/mol. The summed E-state index contributed by atoms with van der Waals surface area (Å²) in [6, 6.07) is 5.20. The molecule has 1 aromatic rings. The summed E-state index contributed by atoms with van der Waals surface area (Å²) in [6.45, 7) is 1.48. The van der Waals surface area contributed by atoms with Crippen molar-refractivity contribution in [3.8, 4) is 17.2 Å². The van der Waals surface area contributed by atoms with Gasteiger partial charge in [-0.25, -0.2) is 0 Å². The lowest BCUT2D eigenvalue weighted by Gasteiger charge is -2.25. The maximum atomic E-state index is 11.2. The Morgan fingerprint density at radius 3 is 2.21 bits per heavy atom. The molecule has 1 rings (SSSR count). The largest absolute Gasteiger partial charge is 0.493 e. The summed E-state index contributed by atoms with van der Waals surface area (Å²) in [5.41, 5.74) is -1.19. The van der Waals surface area contributed by atoms with Crippen molar-refractivity contribution in [1.29, 1.82) is 0 Å². The second kappa shape index (κ2) is 6.29. The van der Waals surface area contributed by atoms with Crippen molar-refractivity contribution in [3.05, 3.63) is 18.2 Å². The number of ether oxygens (including phenoxy) is 3. The molecule has 0 aliphatic carbocycles. The molecule has 0 saturated heterocycles. The van der Waals surface area contributed by atoms with Gasteiger partial charge in [0, 0.05) is 0 Å². The second-order valence-corrected chi connectivity index (χ2v) is 4.17. The number of likely N-dealkylation sites (N-methyl/N-ethyl adjacent to an activating group) is 1. The average molecular weight is 269 g/mol. The molecule has 0 bridgehead atoms. The molecule has 1 atom stereocenters. The van der Waals surface area contributed by atoms with Crippen LogP contribution in [-0.2, 0) is 4.79 Å². The molecule has 6 heteroatoms. The lowest BCUT2D eigenvalue weighted by Crippen LogP contribution is -2.52. The third-order valence-electron chi connectivity index (χ3n) is 2.91. The Hall–Kier alpha value is -1.95. The molecule has 1 aromatic carbocycles. The van der Waals surface area contributed by atoms with E-state index < -0.39 is 11.5 Å². The molecule has 0 heterocycles. The quantitative estimate of drug-likeness (QED) is 0.773. The Morgan fingerprint density at radius 2 is 1.84 bits per heavy atom. The molecule has 0 aliphatic heterocycles. The first-order valence-electron chi connectivity index (χ1n) is 5.74. The van der Waals surface area contributed by atoms with Crippen LogP contribution in [0.15, 0.2) is 18.2 Å². The van der Waals surface area contributed by atoms with E-state index in [1.807, 2.05) is 0 Å². The van der Waals surface area contributed by atoms with E-state index in [4.69, 9.17) is 19.3 Å². The Morgan fingerprint density at radius 1 is 1.32 bits per heavy atom. The fraction of sp³-hybridized carbons (Fsp3) is 0.462. The zero-order valence-corrected chi connectivity index (χ0v) is 11.5. The number of para-hydroxylation sites is 1. The zero-order valence-electron chi connectivity index (χ0n) is 11.5. The Kier molecular flexibility index (Phi) is 5.00. The number of rotatable bonds is 7. The zero-order chi connectivity index (χ0) is 14.5. The molecule has 0 radical (unpaired) electrons. The summed E-state index contributed by atoms with van der Waals surface area (Å²) in [7, 11) is 4.59. The first-order chi connectivity index (χ1) is 8.98. The van der Waals surface area contributed by atoms with E-state index in [9.17, 15) is 4.79 Å². The van der Waals surface area contributed by atoms with E-state index in [0.29, 0.717) is 17.2 Å². The van der Waals surface area contributed by atoms with Crippen LogP contribution in [0.4, 0.5) is 0 Å². The maximum absolute atomic E-state index is 11.2. The smallest absolute Gasteiger partial charge is 0.327 e. The number of methoxy groups -OCH3 is 2. The van der Waals surface area contributed by atoms with Gasteiger partial charge in [-0.2, -0.15) is 0 Å². The van der Waals surface area contributed by atoms with E-state index in [2.05, 4.69) is 5.32 Å². The average Bonchev–Trinajstić information content (AvgIpc) is 2.43. The van der Waals surface area contributed by atoms with Crippen LogP contribution >= 0.6 is 0 Å². The molecule has 19 heavy (non-hydrogen) atoms. The lowest BCUT2D eigenvalue weighted by atomic mass is 10.1. The molecule has 0 aromatic heterocycles. The van der Waals surface area contributed by atoms with Gasteiger partial charge < -0.3 is 24.6 Å². The van der Waals surface area contributed by atoms with Gasteiger partial charge in [0.15, 0.2) is 11.5 Å². The first-order valence-corrected chi connectivity index (χ1v) is 5.74. The maximum Gasteiger partial charge on any atom is 0.327 e. The predicted octanol–water partition coefficient (Wildman–Crippen LogP) is 1.15. The number of nitrogens with one attached hydrogen (secondary N) is 1. The topological polar surface area (TPSA) is 77.0 Å². The summed E-state index contributed by atoms with van der Waals surface area (Å²) in [5.74, 6) is 0.366. The van der Waals surface area contributed by atoms with Crippen molar-refractivity contribution in [2.75, 3.05) is 27.9 Å². The first kappa shape index (κ1) is 15.1. The van der Waals surface area contributed by atoms with Gasteiger partial charge in [0.2, 0.25) is 5.75 Å². The highest BCUT2D eigenvalue weighted by Gasteiger charge is 2.33. The van der Waals surface area contributed by atoms with Gasteiger partial charge in [-0.3, -0.25) is 4.79 Å².